The van der Waals surface area contributed by atoms with Crippen LogP contribution in [-0.2, 0) is 0 Å². The maximum absolute atomic E-state index is 4.61. The number of fused-ring (bicyclic) bond motifs is 1. The van der Waals surface area contributed by atoms with Crippen LogP contribution in [0.15, 0.2) is 95.1 Å². The first-order valence-corrected chi connectivity index (χ1v) is 8.83. The van der Waals surface area contributed by atoms with Gasteiger partial charge in [0.25, 0.3) is 0 Å². The van der Waals surface area contributed by atoms with E-state index >= 15 is 0 Å². The highest BCUT2D eigenvalue weighted by molar-refractivity contribution is 5.83. The van der Waals surface area contributed by atoms with Gasteiger partial charge in [0.2, 0.25) is 0 Å². The highest BCUT2D eigenvalue weighted by Gasteiger charge is 2.07. The van der Waals surface area contributed by atoms with Gasteiger partial charge in [0.1, 0.15) is 0 Å². The van der Waals surface area contributed by atoms with E-state index in [1.165, 1.54) is 0 Å². The largest absolute Gasteiger partial charge is 0.258 e. The quantitative estimate of drug-likeness (QED) is 0.389. The van der Waals surface area contributed by atoms with Gasteiger partial charge < -0.3 is 0 Å². The van der Waals surface area contributed by atoms with E-state index in [1.807, 2.05) is 84.9 Å². The lowest BCUT2D eigenvalue weighted by molar-refractivity contribution is 1.18. The standard InChI is InChI=1S/C22H18N6/c1-3-9-17(10-4-1)15-23-27-21-22(26-20-14-8-7-13-19(20)25-21)28-24-16-18-11-5-2-6-12-18/h1-16H,(H,25,27)(H,26,28)/b23-15+,24-16+. The summed E-state index contributed by atoms with van der Waals surface area (Å²) in [6, 6.07) is 27.3. The van der Waals surface area contributed by atoms with Crippen molar-refractivity contribution < 1.29 is 0 Å². The minimum Gasteiger partial charge on any atom is -0.258 e. The molecule has 0 bridgehead atoms. The predicted molar refractivity (Wildman–Crippen MR) is 115 cm³/mol. The summed E-state index contributed by atoms with van der Waals surface area (Å²) < 4.78 is 0. The first kappa shape index (κ1) is 17.4. The smallest absolute Gasteiger partial charge is 0.192 e. The van der Waals surface area contributed by atoms with E-state index in [0.717, 1.165) is 22.2 Å². The molecule has 0 fully saturated rings. The third-order valence-electron chi connectivity index (χ3n) is 3.94. The molecule has 0 radical (unpaired) electrons. The Morgan fingerprint density at radius 3 is 1.36 bits per heavy atom. The van der Waals surface area contributed by atoms with Crippen LogP contribution in [0.4, 0.5) is 11.6 Å². The van der Waals surface area contributed by atoms with Crippen molar-refractivity contribution in [1.82, 2.24) is 9.97 Å². The molecule has 0 amide bonds. The second-order valence-corrected chi connectivity index (χ2v) is 5.97. The summed E-state index contributed by atoms with van der Waals surface area (Å²) in [5.74, 6) is 0.993. The number of nitrogens with zero attached hydrogens (tertiary/aromatic N) is 4. The molecule has 0 saturated carbocycles. The molecular formula is C22H18N6. The molecule has 2 N–H and O–H groups in total. The molecule has 4 rings (SSSR count). The van der Waals surface area contributed by atoms with Crippen molar-refractivity contribution in [3.8, 4) is 0 Å². The van der Waals surface area contributed by atoms with Crippen molar-refractivity contribution in [2.45, 2.75) is 0 Å². The normalized spacial score (nSPS) is 11.3. The lowest BCUT2D eigenvalue weighted by atomic mass is 10.2. The number of hydrogen-bond acceptors (Lipinski definition) is 6. The third-order valence-corrected chi connectivity index (χ3v) is 3.94. The van der Waals surface area contributed by atoms with E-state index < -0.39 is 0 Å². The number of hydrazone groups is 2. The highest BCUT2D eigenvalue weighted by atomic mass is 15.4. The molecule has 0 saturated heterocycles. The summed E-state index contributed by atoms with van der Waals surface area (Å²) in [5.41, 5.74) is 9.45. The molecule has 1 heterocycles. The Kier molecular flexibility index (Phi) is 5.30. The van der Waals surface area contributed by atoms with E-state index in [4.69, 9.17) is 0 Å². The van der Waals surface area contributed by atoms with Gasteiger partial charge in [-0.2, -0.15) is 10.2 Å². The molecular weight excluding hydrogens is 348 g/mol. The monoisotopic (exact) mass is 366 g/mol. The average molecular weight is 366 g/mol. The zero-order valence-electron chi connectivity index (χ0n) is 15.0. The van der Waals surface area contributed by atoms with E-state index in [9.17, 15) is 0 Å². The minimum atomic E-state index is 0.496. The topological polar surface area (TPSA) is 74.6 Å². The van der Waals surface area contributed by atoms with E-state index in [0.29, 0.717) is 11.6 Å². The molecule has 28 heavy (non-hydrogen) atoms. The van der Waals surface area contributed by atoms with Crippen LogP contribution >= 0.6 is 0 Å². The van der Waals surface area contributed by atoms with Crippen LogP contribution in [0.3, 0.4) is 0 Å². The maximum atomic E-state index is 4.61. The summed E-state index contributed by atoms with van der Waals surface area (Å²) in [5, 5.41) is 8.55. The van der Waals surface area contributed by atoms with Crippen LogP contribution < -0.4 is 10.9 Å². The number of aromatic nitrogens is 2. The van der Waals surface area contributed by atoms with E-state index in [2.05, 4.69) is 31.0 Å². The number of anilines is 2. The van der Waals surface area contributed by atoms with Crippen molar-refractivity contribution >= 4 is 35.1 Å². The third kappa shape index (κ3) is 4.37. The van der Waals surface area contributed by atoms with Gasteiger partial charge in [-0.05, 0) is 23.3 Å². The Morgan fingerprint density at radius 2 is 0.929 bits per heavy atom. The lowest BCUT2D eigenvalue weighted by Gasteiger charge is -2.08. The van der Waals surface area contributed by atoms with Crippen molar-refractivity contribution in [3.05, 3.63) is 96.1 Å². The number of rotatable bonds is 6. The zero-order chi connectivity index (χ0) is 19.0. The molecule has 0 spiro atoms. The van der Waals surface area contributed by atoms with Crippen LogP contribution in [0.2, 0.25) is 0 Å². The fraction of sp³-hybridized carbons (Fsp3) is 0. The Bertz CT molecular complexity index is 1020. The van der Waals surface area contributed by atoms with Crippen LogP contribution in [-0.4, -0.2) is 22.4 Å². The second-order valence-electron chi connectivity index (χ2n) is 5.97. The van der Waals surface area contributed by atoms with Crippen molar-refractivity contribution in [3.63, 3.8) is 0 Å². The number of nitrogens with one attached hydrogen (secondary N) is 2. The molecule has 6 nitrogen and oxygen atoms in total. The van der Waals surface area contributed by atoms with Crippen molar-refractivity contribution in [1.29, 1.82) is 0 Å². The molecule has 0 aliphatic rings. The molecule has 0 atom stereocenters. The molecule has 6 heteroatoms. The summed E-state index contributed by atoms with van der Waals surface area (Å²) >= 11 is 0. The average Bonchev–Trinajstić information content (AvgIpc) is 2.75. The van der Waals surface area contributed by atoms with Gasteiger partial charge in [0, 0.05) is 0 Å². The van der Waals surface area contributed by atoms with Crippen LogP contribution in [0.25, 0.3) is 11.0 Å². The predicted octanol–water partition coefficient (Wildman–Crippen LogP) is 4.52. The zero-order valence-corrected chi connectivity index (χ0v) is 15.0. The molecule has 1 aromatic heterocycles. The molecule has 3 aromatic carbocycles. The van der Waals surface area contributed by atoms with Gasteiger partial charge >= 0.3 is 0 Å². The Labute approximate surface area is 162 Å². The van der Waals surface area contributed by atoms with Gasteiger partial charge in [-0.15, -0.1) is 0 Å². The molecule has 0 aliphatic carbocycles. The highest BCUT2D eigenvalue weighted by Crippen LogP contribution is 2.21. The number of benzene rings is 3. The molecule has 0 aliphatic heterocycles. The summed E-state index contributed by atoms with van der Waals surface area (Å²) in [4.78, 5) is 9.22. The van der Waals surface area contributed by atoms with Gasteiger partial charge in [0.05, 0.1) is 23.5 Å². The fourth-order valence-electron chi connectivity index (χ4n) is 2.57. The lowest BCUT2D eigenvalue weighted by Crippen LogP contribution is -2.03. The van der Waals surface area contributed by atoms with Crippen LogP contribution in [0.1, 0.15) is 11.1 Å². The summed E-state index contributed by atoms with van der Waals surface area (Å²) in [6.07, 6.45) is 3.46. The van der Waals surface area contributed by atoms with E-state index in [-0.39, 0.29) is 0 Å². The number of hydrogen-bond donors (Lipinski definition) is 2. The Morgan fingerprint density at radius 1 is 0.536 bits per heavy atom. The second kappa shape index (κ2) is 8.55. The minimum absolute atomic E-state index is 0.496. The maximum Gasteiger partial charge on any atom is 0.192 e. The molecule has 4 aromatic rings. The van der Waals surface area contributed by atoms with Gasteiger partial charge in [0.15, 0.2) is 11.6 Å². The van der Waals surface area contributed by atoms with Crippen LogP contribution in [0.5, 0.6) is 0 Å². The first-order chi connectivity index (χ1) is 13.9. The SMILES string of the molecule is C(=N\Nc1nc2ccccc2nc1N/N=C/c1ccccc1)/c1ccccc1. The molecule has 136 valence electrons. The van der Waals surface area contributed by atoms with Crippen LogP contribution in [0, 0.1) is 0 Å². The first-order valence-electron chi connectivity index (χ1n) is 8.83. The Balaban J connectivity index is 1.59. The van der Waals surface area contributed by atoms with Crippen molar-refractivity contribution in [2.24, 2.45) is 10.2 Å². The molecule has 0 unspecified atom stereocenters. The van der Waals surface area contributed by atoms with Gasteiger partial charge in [-0.1, -0.05) is 72.8 Å². The van der Waals surface area contributed by atoms with Gasteiger partial charge in [-0.3, -0.25) is 10.9 Å². The fourth-order valence-corrected chi connectivity index (χ4v) is 2.57. The summed E-state index contributed by atoms with van der Waals surface area (Å²) in [7, 11) is 0. The Hall–Kier alpha value is -4.06. The van der Waals surface area contributed by atoms with Gasteiger partial charge in [-0.25, -0.2) is 9.97 Å². The van der Waals surface area contributed by atoms with Crippen molar-refractivity contribution in [2.75, 3.05) is 10.9 Å². The number of para-hydroxylation sites is 2. The summed E-state index contributed by atoms with van der Waals surface area (Å²) in [6.45, 7) is 0. The van der Waals surface area contributed by atoms with E-state index in [1.54, 1.807) is 12.4 Å².